The van der Waals surface area contributed by atoms with E-state index in [2.05, 4.69) is 32.9 Å². The Bertz CT molecular complexity index is 786. The van der Waals surface area contributed by atoms with Crippen LogP contribution in [-0.2, 0) is 17.6 Å². The number of carbonyl (C=O) groups is 1. The summed E-state index contributed by atoms with van der Waals surface area (Å²) in [6.45, 7) is 2.06. The van der Waals surface area contributed by atoms with Gasteiger partial charge in [-0.15, -0.1) is 10.2 Å². The van der Waals surface area contributed by atoms with Gasteiger partial charge in [-0.3, -0.25) is 4.79 Å². The van der Waals surface area contributed by atoms with Gasteiger partial charge in [-0.05, 0) is 30.0 Å². The van der Waals surface area contributed by atoms with E-state index in [0.29, 0.717) is 12.2 Å². The second-order valence-corrected chi connectivity index (χ2v) is 5.51. The fourth-order valence-electron chi connectivity index (χ4n) is 2.64. The van der Waals surface area contributed by atoms with Crippen LogP contribution >= 0.6 is 0 Å². The van der Waals surface area contributed by atoms with E-state index in [0.717, 1.165) is 23.2 Å². The first-order valence-electron chi connectivity index (χ1n) is 7.94. The quantitative estimate of drug-likeness (QED) is 0.731. The van der Waals surface area contributed by atoms with Crippen molar-refractivity contribution in [3.8, 4) is 0 Å². The second-order valence-electron chi connectivity index (χ2n) is 5.51. The number of nitrogens with one attached hydrogen (secondary N) is 2. The summed E-state index contributed by atoms with van der Waals surface area (Å²) in [6, 6.07) is 17.6. The zero-order valence-corrected chi connectivity index (χ0v) is 13.4. The lowest BCUT2D eigenvalue weighted by atomic mass is 9.97. The minimum Gasteiger partial charge on any atom is -0.325 e. The van der Waals surface area contributed by atoms with Gasteiger partial charge in [-0.1, -0.05) is 60.7 Å². The molecule has 0 aliphatic carbocycles. The number of H-pyrrole nitrogens is 1. The van der Waals surface area contributed by atoms with Gasteiger partial charge in [-0.25, -0.2) is 0 Å². The van der Waals surface area contributed by atoms with Gasteiger partial charge in [-0.2, -0.15) is 5.21 Å². The summed E-state index contributed by atoms with van der Waals surface area (Å²) in [6.07, 6.45) is 1.36. The fraction of sp³-hybridized carbons (Fsp3) is 0.222. The van der Waals surface area contributed by atoms with Crippen molar-refractivity contribution < 1.29 is 4.79 Å². The Morgan fingerprint density at radius 1 is 1.12 bits per heavy atom. The van der Waals surface area contributed by atoms with Crippen LogP contribution in [0.2, 0.25) is 0 Å². The highest BCUT2D eigenvalue weighted by atomic mass is 16.1. The van der Waals surface area contributed by atoms with Crippen LogP contribution in [0.5, 0.6) is 0 Å². The molecule has 1 amide bonds. The lowest BCUT2D eigenvalue weighted by molar-refractivity contribution is -0.117. The van der Waals surface area contributed by atoms with Crippen LogP contribution in [0.3, 0.4) is 0 Å². The first-order chi connectivity index (χ1) is 11.8. The normalized spacial score (nSPS) is 11.9. The van der Waals surface area contributed by atoms with Crippen LogP contribution in [0.4, 0.5) is 5.69 Å². The van der Waals surface area contributed by atoms with Crippen LogP contribution in [0, 0.1) is 0 Å². The molecule has 0 saturated carbocycles. The number of carbonyl (C=O) groups excluding carboxylic acids is 1. The van der Waals surface area contributed by atoms with Gasteiger partial charge >= 0.3 is 0 Å². The minimum atomic E-state index is -0.504. The van der Waals surface area contributed by atoms with Gasteiger partial charge in [0.15, 0.2) is 5.82 Å². The first-order valence-corrected chi connectivity index (χ1v) is 7.94. The van der Waals surface area contributed by atoms with Gasteiger partial charge in [0.1, 0.15) is 5.92 Å². The third-order valence-corrected chi connectivity index (χ3v) is 3.93. The van der Waals surface area contributed by atoms with Gasteiger partial charge < -0.3 is 5.32 Å². The molecule has 1 atom stereocenters. The number of benzene rings is 2. The molecule has 0 saturated heterocycles. The summed E-state index contributed by atoms with van der Waals surface area (Å²) in [5.41, 5.74) is 2.97. The Labute approximate surface area is 140 Å². The van der Waals surface area contributed by atoms with Crippen molar-refractivity contribution in [1.82, 2.24) is 20.6 Å². The summed E-state index contributed by atoms with van der Waals surface area (Å²) in [5.74, 6) is -0.248. The maximum atomic E-state index is 12.9. The van der Waals surface area contributed by atoms with E-state index < -0.39 is 5.92 Å². The lowest BCUT2D eigenvalue weighted by Crippen LogP contribution is -2.24. The first kappa shape index (κ1) is 15.9. The van der Waals surface area contributed by atoms with E-state index in [-0.39, 0.29) is 5.91 Å². The predicted octanol–water partition coefficient (Wildman–Crippen LogP) is 2.73. The molecular weight excluding hydrogens is 302 g/mol. The topological polar surface area (TPSA) is 83.6 Å². The largest absolute Gasteiger partial charge is 0.325 e. The Morgan fingerprint density at radius 3 is 2.58 bits per heavy atom. The van der Waals surface area contributed by atoms with Crippen molar-refractivity contribution >= 4 is 11.6 Å². The number of para-hydroxylation sites is 1. The van der Waals surface area contributed by atoms with Crippen LogP contribution in [0.15, 0.2) is 54.6 Å². The maximum absolute atomic E-state index is 12.9. The molecule has 0 aliphatic heterocycles. The monoisotopic (exact) mass is 321 g/mol. The van der Waals surface area contributed by atoms with Gasteiger partial charge in [0, 0.05) is 5.69 Å². The van der Waals surface area contributed by atoms with E-state index in [1.807, 2.05) is 54.6 Å². The molecule has 1 heterocycles. The number of anilines is 1. The number of aryl methyl sites for hydroxylation is 1. The molecule has 1 aromatic heterocycles. The number of rotatable bonds is 6. The SMILES string of the molecule is CCc1ccccc1NC(=O)[C@H](Cc1ccccc1)c1nn[nH]n1. The molecule has 2 aromatic carbocycles. The molecule has 24 heavy (non-hydrogen) atoms. The maximum Gasteiger partial charge on any atom is 0.235 e. The highest BCUT2D eigenvalue weighted by Crippen LogP contribution is 2.22. The van der Waals surface area contributed by atoms with Crippen molar-refractivity contribution in [3.05, 3.63) is 71.5 Å². The highest BCUT2D eigenvalue weighted by Gasteiger charge is 2.25. The van der Waals surface area contributed by atoms with Crippen LogP contribution in [-0.4, -0.2) is 26.5 Å². The van der Waals surface area contributed by atoms with Crippen LogP contribution < -0.4 is 5.32 Å². The molecule has 3 rings (SSSR count). The molecule has 6 heteroatoms. The molecule has 2 N–H and O–H groups in total. The molecule has 122 valence electrons. The van der Waals surface area contributed by atoms with E-state index in [1.165, 1.54) is 0 Å². The Hall–Kier alpha value is -3.02. The van der Waals surface area contributed by atoms with Crippen molar-refractivity contribution in [2.45, 2.75) is 25.7 Å². The summed E-state index contributed by atoms with van der Waals surface area (Å²) in [5, 5.41) is 17.0. The average Bonchev–Trinajstić information content (AvgIpc) is 3.15. The van der Waals surface area contributed by atoms with Crippen molar-refractivity contribution in [2.24, 2.45) is 0 Å². The fourth-order valence-corrected chi connectivity index (χ4v) is 2.64. The van der Waals surface area contributed by atoms with Crippen LogP contribution in [0.1, 0.15) is 29.8 Å². The Balaban J connectivity index is 1.84. The molecule has 3 aromatic rings. The standard InChI is InChI=1S/C18H19N5O/c1-2-14-10-6-7-11-16(14)19-18(24)15(17-20-22-23-21-17)12-13-8-4-3-5-9-13/h3-11,15H,2,12H2,1H3,(H,19,24)(H,20,21,22,23)/t15-/m1/s1. The van der Waals surface area contributed by atoms with Crippen molar-refractivity contribution in [1.29, 1.82) is 0 Å². The zero-order valence-electron chi connectivity index (χ0n) is 13.4. The molecule has 0 aliphatic rings. The number of aromatic nitrogens is 4. The molecule has 0 fully saturated rings. The summed E-state index contributed by atoms with van der Waals surface area (Å²) in [7, 11) is 0. The van der Waals surface area contributed by atoms with E-state index >= 15 is 0 Å². The molecule has 6 nitrogen and oxygen atoms in total. The van der Waals surface area contributed by atoms with Crippen molar-refractivity contribution in [2.75, 3.05) is 5.32 Å². The highest BCUT2D eigenvalue weighted by molar-refractivity contribution is 5.96. The minimum absolute atomic E-state index is 0.138. The number of nitrogens with zero attached hydrogens (tertiary/aromatic N) is 3. The van der Waals surface area contributed by atoms with Gasteiger partial charge in [0.25, 0.3) is 0 Å². The molecule has 0 bridgehead atoms. The van der Waals surface area contributed by atoms with E-state index in [9.17, 15) is 4.79 Å². The van der Waals surface area contributed by atoms with E-state index in [1.54, 1.807) is 0 Å². The number of tetrazole rings is 1. The van der Waals surface area contributed by atoms with E-state index in [4.69, 9.17) is 0 Å². The molecule has 0 radical (unpaired) electrons. The smallest absolute Gasteiger partial charge is 0.235 e. The van der Waals surface area contributed by atoms with Gasteiger partial charge in [0.2, 0.25) is 5.91 Å². The van der Waals surface area contributed by atoms with Crippen molar-refractivity contribution in [3.63, 3.8) is 0 Å². The zero-order chi connectivity index (χ0) is 16.8. The van der Waals surface area contributed by atoms with Crippen LogP contribution in [0.25, 0.3) is 0 Å². The number of hydrogen-bond acceptors (Lipinski definition) is 4. The number of hydrogen-bond donors (Lipinski definition) is 2. The Kier molecular flexibility index (Phi) is 4.96. The third-order valence-electron chi connectivity index (χ3n) is 3.93. The predicted molar refractivity (Wildman–Crippen MR) is 91.5 cm³/mol. The molecule has 0 spiro atoms. The molecular formula is C18H19N5O. The number of amides is 1. The third kappa shape index (κ3) is 3.65. The van der Waals surface area contributed by atoms with Gasteiger partial charge in [0.05, 0.1) is 0 Å². The average molecular weight is 321 g/mol. The molecule has 0 unspecified atom stereocenters. The second kappa shape index (κ2) is 7.50. The summed E-state index contributed by atoms with van der Waals surface area (Å²) >= 11 is 0. The summed E-state index contributed by atoms with van der Waals surface area (Å²) in [4.78, 5) is 12.9. The summed E-state index contributed by atoms with van der Waals surface area (Å²) < 4.78 is 0. The Morgan fingerprint density at radius 2 is 1.88 bits per heavy atom. The lowest BCUT2D eigenvalue weighted by Gasteiger charge is -2.15. The number of aromatic amines is 1.